The molecule has 0 amide bonds. The Morgan fingerprint density at radius 2 is 0.698 bits per heavy atom. The molecule has 6 aromatic rings. The number of aromatic carboxylic acids is 4. The summed E-state index contributed by atoms with van der Waals surface area (Å²) in [5.41, 5.74) is -3.90. The lowest BCUT2D eigenvalue weighted by atomic mass is 10.0. The topological polar surface area (TPSA) is 268 Å². The van der Waals surface area contributed by atoms with E-state index in [2.05, 4.69) is 8.75 Å². The van der Waals surface area contributed by atoms with Crippen molar-refractivity contribution in [1.82, 2.24) is 8.75 Å². The smallest absolute Gasteiger partial charge is 0.374 e. The molecule has 4 N–H and O–H groups in total. The van der Waals surface area contributed by atoms with Gasteiger partial charge in [-0.3, -0.25) is 20.2 Å². The van der Waals surface area contributed by atoms with Crippen molar-refractivity contribution in [3.8, 4) is 0 Å². The quantitative estimate of drug-likeness (QED) is 0.0712. The molecule has 0 saturated carbocycles. The summed E-state index contributed by atoms with van der Waals surface area (Å²) in [5, 5.41) is 64.4. The van der Waals surface area contributed by atoms with Gasteiger partial charge < -0.3 is 30.2 Å². The van der Waals surface area contributed by atoms with E-state index in [1.807, 2.05) is 0 Å². The van der Waals surface area contributed by atoms with Gasteiger partial charge in [0.15, 0.2) is 11.4 Å². The molecule has 0 saturated heterocycles. The lowest BCUT2D eigenvalue weighted by molar-refractivity contribution is -0.421. The van der Waals surface area contributed by atoms with E-state index in [1.165, 1.54) is 107 Å². The van der Waals surface area contributed by atoms with Crippen LogP contribution in [0.3, 0.4) is 0 Å². The van der Waals surface area contributed by atoms with Crippen LogP contribution in [0.5, 0.6) is 0 Å². The molecule has 0 radical (unpaired) electrons. The SMILES string of the molecule is O=C(O)c1ccc(N(c2ccc(C(=O)O)cc2)c2c([N+](=O)[O-])c([N+](=O)[O-])c(N(c3ccc(C(=O)O)cc3)c3ccc(C(=O)O)cc3)c3nsnc23)cc1. The summed E-state index contributed by atoms with van der Waals surface area (Å²) < 4.78 is 8.64. The van der Waals surface area contributed by atoms with Crippen LogP contribution in [-0.2, 0) is 0 Å². The standard InChI is InChI=1S/C34H20N6O12S/c41-31(42)17-1-9-21(10-2-17)37(22-11-3-18(4-12-22)32(43)44)27-25-26(36-53-35-25)28(30(40(51)52)29(27)39(49)50)38(23-13-5-19(6-14-23)33(45)46)24-15-7-20(8-16-24)34(47)48/h1-16H,(H,41,42)(H,43,44)(H,45,46)(H,47,48). The number of anilines is 6. The van der Waals surface area contributed by atoms with E-state index in [0.29, 0.717) is 11.7 Å². The molecular formula is C34H20N6O12S. The summed E-state index contributed by atoms with van der Waals surface area (Å²) in [7, 11) is 0. The van der Waals surface area contributed by atoms with Crippen LogP contribution in [0.4, 0.5) is 45.5 Å². The first-order valence-corrected chi connectivity index (χ1v) is 15.6. The minimum absolute atomic E-state index is 0.0721. The van der Waals surface area contributed by atoms with E-state index in [4.69, 9.17) is 0 Å². The number of carboxylic acids is 4. The van der Waals surface area contributed by atoms with Crippen molar-refractivity contribution >= 4 is 92.1 Å². The first-order valence-electron chi connectivity index (χ1n) is 14.8. The third kappa shape index (κ3) is 6.48. The predicted octanol–water partition coefficient (Wildman–Crippen LogP) is 7.24. The van der Waals surface area contributed by atoms with Crippen LogP contribution in [0, 0.1) is 20.2 Å². The number of fused-ring (bicyclic) bond motifs is 1. The number of hydrogen-bond donors (Lipinski definition) is 4. The number of carbonyl (C=O) groups is 4. The van der Waals surface area contributed by atoms with Gasteiger partial charge in [0.1, 0.15) is 11.0 Å². The van der Waals surface area contributed by atoms with Crippen molar-refractivity contribution < 1.29 is 49.5 Å². The Hall–Kier alpha value is -7.80. The number of hydrogen-bond acceptors (Lipinski definition) is 13. The van der Waals surface area contributed by atoms with E-state index in [9.17, 15) is 59.8 Å². The third-order valence-electron chi connectivity index (χ3n) is 7.91. The molecule has 0 bridgehead atoms. The van der Waals surface area contributed by atoms with Crippen LogP contribution in [-0.4, -0.2) is 62.9 Å². The summed E-state index contributed by atoms with van der Waals surface area (Å²) in [4.78, 5) is 73.3. The Morgan fingerprint density at radius 1 is 0.472 bits per heavy atom. The second kappa shape index (κ2) is 13.8. The molecule has 1 aromatic heterocycles. The van der Waals surface area contributed by atoms with Gasteiger partial charge in [-0.25, -0.2) is 19.2 Å². The average Bonchev–Trinajstić information content (AvgIpc) is 3.63. The molecule has 0 aliphatic carbocycles. The summed E-state index contributed by atoms with van der Waals surface area (Å²) in [5.74, 6) is -5.12. The van der Waals surface area contributed by atoms with E-state index in [-0.39, 0.29) is 56.0 Å². The molecule has 1 heterocycles. The van der Waals surface area contributed by atoms with Crippen LogP contribution in [0.15, 0.2) is 97.1 Å². The number of nitrogens with zero attached hydrogens (tertiary/aromatic N) is 6. The molecule has 19 heteroatoms. The average molecular weight is 737 g/mol. The van der Waals surface area contributed by atoms with Crippen molar-refractivity contribution in [3.05, 3.63) is 140 Å². The summed E-state index contributed by atoms with van der Waals surface area (Å²) in [6, 6.07) is 20.0. The van der Waals surface area contributed by atoms with E-state index in [1.54, 1.807) is 0 Å². The third-order valence-corrected chi connectivity index (χ3v) is 8.44. The Kier molecular flexibility index (Phi) is 9.15. The van der Waals surface area contributed by atoms with E-state index >= 15 is 0 Å². The normalized spacial score (nSPS) is 10.8. The molecule has 0 aliphatic heterocycles. The number of benzene rings is 5. The Bertz CT molecular complexity index is 2180. The molecular weight excluding hydrogens is 716 g/mol. The van der Waals surface area contributed by atoms with Gasteiger partial charge in [-0.15, -0.1) is 0 Å². The number of aromatic nitrogens is 2. The number of nitro benzene ring substituents is 2. The second-order valence-electron chi connectivity index (χ2n) is 10.9. The molecule has 6 rings (SSSR count). The second-order valence-corrected chi connectivity index (χ2v) is 11.5. The predicted molar refractivity (Wildman–Crippen MR) is 188 cm³/mol. The summed E-state index contributed by atoms with van der Waals surface area (Å²) >= 11 is 0.554. The minimum Gasteiger partial charge on any atom is -0.478 e. The lowest BCUT2D eigenvalue weighted by Crippen LogP contribution is -2.18. The molecule has 53 heavy (non-hydrogen) atoms. The largest absolute Gasteiger partial charge is 0.478 e. The zero-order valence-electron chi connectivity index (χ0n) is 26.4. The van der Waals surface area contributed by atoms with Gasteiger partial charge in [-0.2, -0.15) is 8.75 Å². The Balaban J connectivity index is 1.74. The van der Waals surface area contributed by atoms with Crippen LogP contribution >= 0.6 is 11.7 Å². The van der Waals surface area contributed by atoms with Gasteiger partial charge in [0.05, 0.1) is 43.8 Å². The van der Waals surface area contributed by atoms with Crippen molar-refractivity contribution in [1.29, 1.82) is 0 Å². The highest BCUT2D eigenvalue weighted by atomic mass is 32.1. The van der Waals surface area contributed by atoms with Crippen LogP contribution in [0.25, 0.3) is 11.0 Å². The molecule has 0 aliphatic rings. The lowest BCUT2D eigenvalue weighted by Gasteiger charge is -2.28. The van der Waals surface area contributed by atoms with Crippen LogP contribution in [0.1, 0.15) is 41.4 Å². The summed E-state index contributed by atoms with van der Waals surface area (Å²) in [6.45, 7) is 0. The highest BCUT2D eigenvalue weighted by Gasteiger charge is 2.43. The van der Waals surface area contributed by atoms with Crippen molar-refractivity contribution in [2.24, 2.45) is 0 Å². The van der Waals surface area contributed by atoms with Gasteiger partial charge in [-0.05, 0) is 97.1 Å². The Morgan fingerprint density at radius 3 is 0.887 bits per heavy atom. The first kappa shape index (κ1) is 35.0. The van der Waals surface area contributed by atoms with Gasteiger partial charge >= 0.3 is 35.3 Å². The van der Waals surface area contributed by atoms with Crippen LogP contribution in [0.2, 0.25) is 0 Å². The molecule has 0 unspecified atom stereocenters. The highest BCUT2D eigenvalue weighted by molar-refractivity contribution is 7.00. The highest BCUT2D eigenvalue weighted by Crippen LogP contribution is 2.55. The van der Waals surface area contributed by atoms with Gasteiger partial charge in [-0.1, -0.05) is 0 Å². The fourth-order valence-electron chi connectivity index (χ4n) is 5.54. The molecule has 18 nitrogen and oxygen atoms in total. The summed E-state index contributed by atoms with van der Waals surface area (Å²) in [6.07, 6.45) is 0. The van der Waals surface area contributed by atoms with Crippen molar-refractivity contribution in [2.45, 2.75) is 0 Å². The van der Waals surface area contributed by atoms with E-state index < -0.39 is 56.5 Å². The molecule has 0 atom stereocenters. The Labute approximate surface area is 299 Å². The number of carboxylic acid groups (broad SMARTS) is 4. The van der Waals surface area contributed by atoms with Crippen molar-refractivity contribution in [3.63, 3.8) is 0 Å². The number of nitro groups is 2. The van der Waals surface area contributed by atoms with Gasteiger partial charge in [0.25, 0.3) is 0 Å². The maximum Gasteiger partial charge on any atom is 0.374 e. The first-order chi connectivity index (χ1) is 25.3. The van der Waals surface area contributed by atoms with E-state index in [0.717, 1.165) is 0 Å². The van der Waals surface area contributed by atoms with Crippen LogP contribution < -0.4 is 9.80 Å². The maximum atomic E-state index is 13.2. The fourth-order valence-corrected chi connectivity index (χ4v) is 6.09. The zero-order chi connectivity index (χ0) is 38.1. The molecule has 0 fully saturated rings. The van der Waals surface area contributed by atoms with Gasteiger partial charge in [0, 0.05) is 22.7 Å². The molecule has 264 valence electrons. The zero-order valence-corrected chi connectivity index (χ0v) is 27.2. The van der Waals surface area contributed by atoms with Crippen molar-refractivity contribution in [2.75, 3.05) is 9.80 Å². The maximum absolute atomic E-state index is 13.2. The fraction of sp³-hybridized carbons (Fsp3) is 0. The number of rotatable bonds is 12. The van der Waals surface area contributed by atoms with Gasteiger partial charge in [0.2, 0.25) is 0 Å². The monoisotopic (exact) mass is 736 g/mol. The minimum atomic E-state index is -1.28. The molecule has 5 aromatic carbocycles. The molecule has 0 spiro atoms.